The number of carboxylic acid groups (broad SMARTS) is 1. The lowest BCUT2D eigenvalue weighted by Crippen LogP contribution is -2.42. The van der Waals surface area contributed by atoms with Crippen LogP contribution in [0.4, 0.5) is 0 Å². The van der Waals surface area contributed by atoms with E-state index in [1.54, 1.807) is 0 Å². The fourth-order valence-electron chi connectivity index (χ4n) is 1.72. The second-order valence-electron chi connectivity index (χ2n) is 4.29. The number of amides is 1. The molecule has 1 saturated carbocycles. The molecule has 0 spiro atoms. The van der Waals surface area contributed by atoms with E-state index in [9.17, 15) is 14.7 Å². The summed E-state index contributed by atoms with van der Waals surface area (Å²) in [5.41, 5.74) is 0.0727. The molecule has 0 aromatic heterocycles. The van der Waals surface area contributed by atoms with Crippen LogP contribution >= 0.6 is 11.6 Å². The standard InChI is InChI=1S/C12H12ClNO4/c13-9-4-3-7(15)5-8(9)11(16)14-10(12(17)18)6-1-2-6/h3-6,10,15H,1-2H2,(H,14,16)(H,17,18). The minimum atomic E-state index is -1.05. The maximum absolute atomic E-state index is 11.9. The summed E-state index contributed by atoms with van der Waals surface area (Å²) in [5.74, 6) is -1.75. The fraction of sp³-hybridized carbons (Fsp3) is 0.333. The summed E-state index contributed by atoms with van der Waals surface area (Å²) in [6.07, 6.45) is 1.59. The predicted octanol–water partition coefficient (Wildman–Crippen LogP) is 1.64. The highest BCUT2D eigenvalue weighted by Gasteiger charge is 2.37. The van der Waals surface area contributed by atoms with E-state index in [0.29, 0.717) is 0 Å². The summed E-state index contributed by atoms with van der Waals surface area (Å²) in [5, 5.41) is 20.9. The van der Waals surface area contributed by atoms with Crippen LogP contribution in [0.2, 0.25) is 5.02 Å². The van der Waals surface area contributed by atoms with Gasteiger partial charge < -0.3 is 15.5 Å². The van der Waals surface area contributed by atoms with E-state index in [4.69, 9.17) is 16.7 Å². The van der Waals surface area contributed by atoms with Gasteiger partial charge in [-0.15, -0.1) is 0 Å². The first-order chi connectivity index (χ1) is 8.49. The Kier molecular flexibility index (Phi) is 3.43. The first-order valence-corrected chi connectivity index (χ1v) is 5.89. The molecule has 5 nitrogen and oxygen atoms in total. The number of carbonyl (C=O) groups is 2. The predicted molar refractivity (Wildman–Crippen MR) is 64.7 cm³/mol. The zero-order chi connectivity index (χ0) is 13.3. The number of nitrogens with one attached hydrogen (secondary N) is 1. The molecule has 0 radical (unpaired) electrons. The Balaban J connectivity index is 2.15. The minimum Gasteiger partial charge on any atom is -0.508 e. The molecule has 0 aliphatic heterocycles. The smallest absolute Gasteiger partial charge is 0.326 e. The van der Waals surface area contributed by atoms with Crippen molar-refractivity contribution in [1.82, 2.24) is 5.32 Å². The SMILES string of the molecule is O=C(NC(C(=O)O)C1CC1)c1cc(O)ccc1Cl. The van der Waals surface area contributed by atoms with Gasteiger partial charge in [-0.1, -0.05) is 11.6 Å². The molecule has 1 atom stereocenters. The van der Waals surface area contributed by atoms with Crippen LogP contribution in [0.1, 0.15) is 23.2 Å². The van der Waals surface area contributed by atoms with Crippen LogP contribution < -0.4 is 5.32 Å². The molecule has 18 heavy (non-hydrogen) atoms. The highest BCUT2D eigenvalue weighted by molar-refractivity contribution is 6.33. The van der Waals surface area contributed by atoms with Gasteiger partial charge in [0.2, 0.25) is 0 Å². The molecule has 1 aromatic rings. The third-order valence-corrected chi connectivity index (χ3v) is 3.17. The highest BCUT2D eigenvalue weighted by Crippen LogP contribution is 2.33. The van der Waals surface area contributed by atoms with Gasteiger partial charge in [0.15, 0.2) is 0 Å². The Bertz CT molecular complexity index is 499. The number of aromatic hydroxyl groups is 1. The van der Waals surface area contributed by atoms with Crippen LogP contribution in [-0.4, -0.2) is 28.1 Å². The number of hydrogen-bond donors (Lipinski definition) is 3. The molecule has 3 N–H and O–H groups in total. The van der Waals surface area contributed by atoms with Crippen molar-refractivity contribution in [1.29, 1.82) is 0 Å². The van der Waals surface area contributed by atoms with Crippen molar-refractivity contribution in [3.05, 3.63) is 28.8 Å². The van der Waals surface area contributed by atoms with Gasteiger partial charge >= 0.3 is 5.97 Å². The van der Waals surface area contributed by atoms with Crippen LogP contribution in [0.5, 0.6) is 5.75 Å². The Morgan fingerprint density at radius 1 is 1.39 bits per heavy atom. The summed E-state index contributed by atoms with van der Waals surface area (Å²) in [6, 6.07) is 3.06. The number of halogens is 1. The number of phenolic OH excluding ortho intramolecular Hbond substituents is 1. The number of carboxylic acids is 1. The number of benzene rings is 1. The zero-order valence-corrected chi connectivity index (χ0v) is 10.1. The first kappa shape index (κ1) is 12.7. The van der Waals surface area contributed by atoms with Crippen molar-refractivity contribution in [3.63, 3.8) is 0 Å². The van der Waals surface area contributed by atoms with Gasteiger partial charge in [0.05, 0.1) is 10.6 Å². The van der Waals surface area contributed by atoms with Gasteiger partial charge in [-0.3, -0.25) is 4.79 Å². The van der Waals surface area contributed by atoms with Crippen LogP contribution in [0.15, 0.2) is 18.2 Å². The maximum Gasteiger partial charge on any atom is 0.326 e. The molecule has 0 saturated heterocycles. The Morgan fingerprint density at radius 3 is 2.61 bits per heavy atom. The summed E-state index contributed by atoms with van der Waals surface area (Å²) < 4.78 is 0. The topological polar surface area (TPSA) is 86.6 Å². The minimum absolute atomic E-state index is 0.0115. The third-order valence-electron chi connectivity index (χ3n) is 2.84. The van der Waals surface area contributed by atoms with Gasteiger partial charge in [0.1, 0.15) is 11.8 Å². The fourth-order valence-corrected chi connectivity index (χ4v) is 1.92. The number of carbonyl (C=O) groups excluding carboxylic acids is 1. The third kappa shape index (κ3) is 2.73. The molecule has 1 aliphatic rings. The summed E-state index contributed by atoms with van der Waals surface area (Å²) in [7, 11) is 0. The second kappa shape index (κ2) is 4.86. The van der Waals surface area contributed by atoms with Crippen LogP contribution in [0.25, 0.3) is 0 Å². The summed E-state index contributed by atoms with van der Waals surface area (Å²) >= 11 is 5.83. The van der Waals surface area contributed by atoms with Gasteiger partial charge in [-0.25, -0.2) is 4.79 Å². The molecule has 1 amide bonds. The van der Waals surface area contributed by atoms with Crippen LogP contribution in [0, 0.1) is 5.92 Å². The zero-order valence-electron chi connectivity index (χ0n) is 9.39. The number of aliphatic carboxylic acids is 1. The van der Waals surface area contributed by atoms with E-state index in [-0.39, 0.29) is 22.3 Å². The lowest BCUT2D eigenvalue weighted by atomic mass is 10.1. The largest absolute Gasteiger partial charge is 0.508 e. The number of rotatable bonds is 4. The van der Waals surface area contributed by atoms with Gasteiger partial charge in [-0.2, -0.15) is 0 Å². The van der Waals surface area contributed by atoms with Gasteiger partial charge in [0.25, 0.3) is 5.91 Å². The molecule has 2 rings (SSSR count). The normalized spacial score (nSPS) is 16.1. The number of phenols is 1. The second-order valence-corrected chi connectivity index (χ2v) is 4.70. The first-order valence-electron chi connectivity index (χ1n) is 5.51. The average molecular weight is 270 g/mol. The van der Waals surface area contributed by atoms with Crippen molar-refractivity contribution in [2.45, 2.75) is 18.9 Å². The molecule has 96 valence electrons. The van der Waals surface area contributed by atoms with E-state index < -0.39 is 17.9 Å². The van der Waals surface area contributed by atoms with E-state index >= 15 is 0 Å². The van der Waals surface area contributed by atoms with Gasteiger partial charge in [-0.05, 0) is 37.0 Å². The molecule has 1 fully saturated rings. The Labute approximate surface area is 108 Å². The molecule has 1 unspecified atom stereocenters. The van der Waals surface area contributed by atoms with Crippen molar-refractivity contribution in [2.75, 3.05) is 0 Å². The Hall–Kier alpha value is -1.75. The average Bonchev–Trinajstić information content (AvgIpc) is 3.12. The Morgan fingerprint density at radius 2 is 2.06 bits per heavy atom. The molecule has 0 heterocycles. The number of hydrogen-bond acceptors (Lipinski definition) is 3. The lowest BCUT2D eigenvalue weighted by Gasteiger charge is -2.14. The molecule has 0 bridgehead atoms. The monoisotopic (exact) mass is 269 g/mol. The summed E-state index contributed by atoms with van der Waals surface area (Å²) in [6.45, 7) is 0. The van der Waals surface area contributed by atoms with Crippen molar-refractivity contribution >= 4 is 23.5 Å². The molecular weight excluding hydrogens is 258 g/mol. The van der Waals surface area contributed by atoms with Crippen LogP contribution in [-0.2, 0) is 4.79 Å². The van der Waals surface area contributed by atoms with Crippen molar-refractivity contribution in [3.8, 4) is 5.75 Å². The molecule has 1 aromatic carbocycles. The quantitative estimate of drug-likeness (QED) is 0.775. The van der Waals surface area contributed by atoms with Crippen LogP contribution in [0.3, 0.4) is 0 Å². The summed E-state index contributed by atoms with van der Waals surface area (Å²) in [4.78, 5) is 22.9. The maximum atomic E-state index is 11.9. The van der Waals surface area contributed by atoms with E-state index in [1.165, 1.54) is 18.2 Å². The van der Waals surface area contributed by atoms with Crippen molar-refractivity contribution < 1.29 is 19.8 Å². The van der Waals surface area contributed by atoms with Crippen molar-refractivity contribution in [2.24, 2.45) is 5.92 Å². The molecule has 6 heteroatoms. The van der Waals surface area contributed by atoms with Gasteiger partial charge in [0, 0.05) is 0 Å². The molecular formula is C12H12ClNO4. The van der Waals surface area contributed by atoms with E-state index in [0.717, 1.165) is 12.8 Å². The highest BCUT2D eigenvalue weighted by atomic mass is 35.5. The van der Waals surface area contributed by atoms with E-state index in [2.05, 4.69) is 5.32 Å². The molecule has 1 aliphatic carbocycles. The lowest BCUT2D eigenvalue weighted by molar-refractivity contribution is -0.139. The van der Waals surface area contributed by atoms with E-state index in [1.807, 2.05) is 0 Å².